The van der Waals surface area contributed by atoms with Crippen LogP contribution in [0, 0.1) is 19.7 Å². The van der Waals surface area contributed by atoms with Crippen LogP contribution in [0.1, 0.15) is 22.3 Å². The summed E-state index contributed by atoms with van der Waals surface area (Å²) in [6.07, 6.45) is 0. The molecule has 6 heteroatoms. The number of hydrogen-bond acceptors (Lipinski definition) is 4. The molecule has 0 bridgehead atoms. The molecule has 184 valence electrons. The van der Waals surface area contributed by atoms with Gasteiger partial charge in [-0.1, -0.05) is 48.5 Å². The van der Waals surface area contributed by atoms with E-state index >= 15 is 0 Å². The Morgan fingerprint density at radius 1 is 0.750 bits per heavy atom. The van der Waals surface area contributed by atoms with Crippen molar-refractivity contribution in [3.05, 3.63) is 113 Å². The Hall–Kier alpha value is -4.32. The van der Waals surface area contributed by atoms with Crippen LogP contribution in [0.5, 0.6) is 17.2 Å². The highest BCUT2D eigenvalue weighted by atomic mass is 19.1. The Bertz CT molecular complexity index is 1330. The Morgan fingerprint density at radius 3 is 2.11 bits per heavy atom. The van der Waals surface area contributed by atoms with Crippen molar-refractivity contribution in [1.82, 2.24) is 0 Å². The summed E-state index contributed by atoms with van der Waals surface area (Å²) in [6.45, 7) is 4.29. The van der Waals surface area contributed by atoms with Gasteiger partial charge in [0.25, 0.3) is 0 Å². The molecule has 0 aromatic heterocycles. The number of aryl methyl sites for hydroxylation is 2. The molecule has 0 radical (unpaired) electrons. The summed E-state index contributed by atoms with van der Waals surface area (Å²) in [6, 6.07) is 26.3. The third kappa shape index (κ3) is 6.42. The van der Waals surface area contributed by atoms with Gasteiger partial charge >= 0.3 is 5.97 Å². The average Bonchev–Trinajstić information content (AvgIpc) is 2.86. The minimum Gasteiger partial charge on any atom is -0.489 e. The van der Waals surface area contributed by atoms with Gasteiger partial charge in [0.1, 0.15) is 24.7 Å². The lowest BCUT2D eigenvalue weighted by atomic mass is 9.94. The molecule has 0 aliphatic carbocycles. The molecule has 0 saturated carbocycles. The van der Waals surface area contributed by atoms with Gasteiger partial charge in [-0.25, -0.2) is 9.18 Å². The number of halogens is 1. The molecule has 0 fully saturated rings. The van der Waals surface area contributed by atoms with Crippen LogP contribution < -0.4 is 14.2 Å². The van der Waals surface area contributed by atoms with E-state index in [-0.39, 0.29) is 12.4 Å². The number of aliphatic carboxylic acids is 1. The number of carboxylic acid groups (broad SMARTS) is 1. The van der Waals surface area contributed by atoms with Crippen LogP contribution in [0.15, 0.2) is 84.9 Å². The lowest BCUT2D eigenvalue weighted by Crippen LogP contribution is -2.10. The van der Waals surface area contributed by atoms with E-state index in [9.17, 15) is 9.18 Å². The lowest BCUT2D eigenvalue weighted by molar-refractivity contribution is -0.139. The summed E-state index contributed by atoms with van der Waals surface area (Å²) >= 11 is 0. The van der Waals surface area contributed by atoms with Crippen LogP contribution in [0.4, 0.5) is 4.39 Å². The third-order valence-electron chi connectivity index (χ3n) is 5.63. The number of hydrogen-bond donors (Lipinski definition) is 1. The second-order valence-electron chi connectivity index (χ2n) is 8.47. The van der Waals surface area contributed by atoms with Gasteiger partial charge in [0, 0.05) is 6.07 Å². The number of rotatable bonds is 10. The molecule has 0 unspecified atom stereocenters. The maximum atomic E-state index is 14.2. The molecule has 5 nitrogen and oxygen atoms in total. The molecule has 0 atom stereocenters. The topological polar surface area (TPSA) is 65.0 Å². The van der Waals surface area contributed by atoms with Crippen molar-refractivity contribution in [3.8, 4) is 28.4 Å². The monoisotopic (exact) mass is 486 g/mol. The zero-order chi connectivity index (χ0) is 25.5. The van der Waals surface area contributed by atoms with E-state index in [4.69, 9.17) is 19.3 Å². The molecule has 36 heavy (non-hydrogen) atoms. The van der Waals surface area contributed by atoms with E-state index in [0.717, 1.165) is 39.1 Å². The Morgan fingerprint density at radius 2 is 1.42 bits per heavy atom. The minimum absolute atomic E-state index is 0.131. The highest BCUT2D eigenvalue weighted by Crippen LogP contribution is 2.32. The molecule has 0 saturated heterocycles. The fraction of sp³-hybridized carbons (Fsp3) is 0.167. The van der Waals surface area contributed by atoms with Crippen LogP contribution in [0.3, 0.4) is 0 Å². The number of carbonyl (C=O) groups is 1. The molecule has 4 rings (SSSR count). The SMILES string of the molecule is Cc1cc(OCc2ccccc2)cc(C)c1-c1cccc(COc2ccc(OCC(=O)O)c(F)c2)c1. The van der Waals surface area contributed by atoms with Crippen molar-refractivity contribution >= 4 is 5.97 Å². The van der Waals surface area contributed by atoms with Crippen LogP contribution in [-0.4, -0.2) is 17.7 Å². The first-order valence-corrected chi connectivity index (χ1v) is 11.5. The molecular formula is C30H27FO5. The molecule has 0 aliphatic heterocycles. The molecule has 4 aromatic carbocycles. The highest BCUT2D eigenvalue weighted by molar-refractivity contribution is 5.72. The molecule has 0 spiro atoms. The smallest absolute Gasteiger partial charge is 0.341 e. The summed E-state index contributed by atoms with van der Waals surface area (Å²) in [5.41, 5.74) is 6.46. The first-order valence-electron chi connectivity index (χ1n) is 11.5. The summed E-state index contributed by atoms with van der Waals surface area (Å²) in [4.78, 5) is 10.6. The fourth-order valence-corrected chi connectivity index (χ4v) is 4.01. The first kappa shape index (κ1) is 24.8. The molecule has 0 aliphatic rings. The van der Waals surface area contributed by atoms with Crippen molar-refractivity contribution in [2.24, 2.45) is 0 Å². The van der Waals surface area contributed by atoms with Gasteiger partial charge in [0.15, 0.2) is 18.2 Å². The Balaban J connectivity index is 1.44. The largest absolute Gasteiger partial charge is 0.489 e. The Labute approximate surface area is 209 Å². The Kier molecular flexibility index (Phi) is 7.85. The summed E-state index contributed by atoms with van der Waals surface area (Å²) in [5.74, 6) is -0.825. The van der Waals surface area contributed by atoms with E-state index in [1.165, 1.54) is 12.1 Å². The quantitative estimate of drug-likeness (QED) is 0.269. The molecule has 0 heterocycles. The van der Waals surface area contributed by atoms with Crippen LogP contribution in [0.2, 0.25) is 0 Å². The van der Waals surface area contributed by atoms with E-state index in [1.54, 1.807) is 6.07 Å². The van der Waals surface area contributed by atoms with Crippen molar-refractivity contribution in [2.75, 3.05) is 6.61 Å². The van der Waals surface area contributed by atoms with E-state index < -0.39 is 18.4 Å². The number of carboxylic acids is 1. The molecule has 0 amide bonds. The number of ether oxygens (including phenoxy) is 3. The zero-order valence-corrected chi connectivity index (χ0v) is 20.2. The molecular weight excluding hydrogens is 459 g/mol. The second-order valence-corrected chi connectivity index (χ2v) is 8.47. The average molecular weight is 487 g/mol. The third-order valence-corrected chi connectivity index (χ3v) is 5.63. The fourth-order valence-electron chi connectivity index (χ4n) is 4.01. The summed E-state index contributed by atoms with van der Waals surface area (Å²) in [5, 5.41) is 8.67. The van der Waals surface area contributed by atoms with Gasteiger partial charge in [-0.3, -0.25) is 0 Å². The second kappa shape index (κ2) is 11.4. The van der Waals surface area contributed by atoms with E-state index in [0.29, 0.717) is 12.4 Å². The standard InChI is InChI=1S/C30H27FO5/c1-20-13-26(35-17-22-7-4-3-5-8-22)14-21(2)30(20)24-10-6-9-23(15-24)18-34-25-11-12-28(27(31)16-25)36-19-29(32)33/h3-16H,17-19H2,1-2H3,(H,32,33). The maximum absolute atomic E-state index is 14.2. The summed E-state index contributed by atoms with van der Waals surface area (Å²) < 4.78 is 30.9. The predicted octanol–water partition coefficient (Wildman–Crippen LogP) is 6.73. The van der Waals surface area contributed by atoms with Gasteiger partial charge in [0.05, 0.1) is 0 Å². The van der Waals surface area contributed by atoms with Crippen molar-refractivity contribution < 1.29 is 28.5 Å². The van der Waals surface area contributed by atoms with Gasteiger partial charge in [-0.05, 0) is 77.6 Å². The molecule has 1 N–H and O–H groups in total. The highest BCUT2D eigenvalue weighted by Gasteiger charge is 2.11. The van der Waals surface area contributed by atoms with Crippen LogP contribution >= 0.6 is 0 Å². The van der Waals surface area contributed by atoms with Crippen LogP contribution in [-0.2, 0) is 18.0 Å². The van der Waals surface area contributed by atoms with Crippen molar-refractivity contribution in [1.29, 1.82) is 0 Å². The van der Waals surface area contributed by atoms with Gasteiger partial charge in [-0.2, -0.15) is 0 Å². The zero-order valence-electron chi connectivity index (χ0n) is 20.2. The predicted molar refractivity (Wildman–Crippen MR) is 136 cm³/mol. The van der Waals surface area contributed by atoms with E-state index in [2.05, 4.69) is 26.0 Å². The van der Waals surface area contributed by atoms with Crippen molar-refractivity contribution in [3.63, 3.8) is 0 Å². The van der Waals surface area contributed by atoms with E-state index in [1.807, 2.05) is 54.6 Å². The first-order chi connectivity index (χ1) is 17.4. The van der Waals surface area contributed by atoms with Gasteiger partial charge in [0.2, 0.25) is 0 Å². The molecule has 4 aromatic rings. The lowest BCUT2D eigenvalue weighted by Gasteiger charge is -2.15. The minimum atomic E-state index is -1.17. The maximum Gasteiger partial charge on any atom is 0.341 e. The van der Waals surface area contributed by atoms with Crippen LogP contribution in [0.25, 0.3) is 11.1 Å². The summed E-state index contributed by atoms with van der Waals surface area (Å²) in [7, 11) is 0. The normalized spacial score (nSPS) is 10.6. The van der Waals surface area contributed by atoms with Crippen molar-refractivity contribution in [2.45, 2.75) is 27.1 Å². The number of benzene rings is 4. The van der Waals surface area contributed by atoms with Gasteiger partial charge in [-0.15, -0.1) is 0 Å². The van der Waals surface area contributed by atoms with Gasteiger partial charge < -0.3 is 19.3 Å².